The lowest BCUT2D eigenvalue weighted by molar-refractivity contribution is -0.00325. The summed E-state index contributed by atoms with van der Waals surface area (Å²) >= 11 is 0. The molecule has 3 aromatic rings. The molecule has 2 fully saturated rings. The Bertz CT molecular complexity index is 956. The predicted molar refractivity (Wildman–Crippen MR) is 96.4 cm³/mol. The van der Waals surface area contributed by atoms with Gasteiger partial charge in [0.15, 0.2) is 0 Å². The van der Waals surface area contributed by atoms with Crippen molar-refractivity contribution in [2.24, 2.45) is 0 Å². The van der Waals surface area contributed by atoms with Gasteiger partial charge in [0.2, 0.25) is 5.89 Å². The van der Waals surface area contributed by atoms with Gasteiger partial charge in [-0.1, -0.05) is 6.92 Å². The Morgan fingerprint density at radius 1 is 1.22 bits per heavy atom. The van der Waals surface area contributed by atoms with Crippen molar-refractivity contribution in [1.29, 1.82) is 0 Å². The lowest BCUT2D eigenvalue weighted by atomic mass is 9.94. The first-order valence-electron chi connectivity index (χ1n) is 9.56. The van der Waals surface area contributed by atoms with Gasteiger partial charge in [-0.15, -0.1) is 0 Å². The van der Waals surface area contributed by atoms with Crippen LogP contribution in [0.3, 0.4) is 0 Å². The van der Waals surface area contributed by atoms with Crippen LogP contribution in [0, 0.1) is 5.82 Å². The number of ether oxygens (including phenoxy) is 1. The van der Waals surface area contributed by atoms with Crippen molar-refractivity contribution < 1.29 is 13.7 Å². The fourth-order valence-electron chi connectivity index (χ4n) is 4.06. The molecule has 0 radical (unpaired) electrons. The van der Waals surface area contributed by atoms with E-state index in [4.69, 9.17) is 9.26 Å². The van der Waals surface area contributed by atoms with Gasteiger partial charge in [-0.3, -0.25) is 4.90 Å². The zero-order chi connectivity index (χ0) is 18.4. The van der Waals surface area contributed by atoms with Gasteiger partial charge in [0.25, 0.3) is 5.95 Å². The summed E-state index contributed by atoms with van der Waals surface area (Å²) in [6.07, 6.45) is 2.93. The smallest absolute Gasteiger partial charge is 0.291 e. The van der Waals surface area contributed by atoms with Gasteiger partial charge in [-0.25, -0.2) is 4.39 Å². The molecule has 2 aliphatic heterocycles. The third kappa shape index (κ3) is 2.93. The van der Waals surface area contributed by atoms with Crippen LogP contribution in [0.15, 0.2) is 22.7 Å². The Hall–Kier alpha value is -2.32. The Morgan fingerprint density at radius 2 is 2.04 bits per heavy atom. The molecule has 0 N–H and O–H groups in total. The maximum atomic E-state index is 13.7. The number of hydrogen-bond acceptors (Lipinski definition) is 6. The second-order valence-corrected chi connectivity index (χ2v) is 7.30. The molecular weight excluding hydrogens is 349 g/mol. The maximum Gasteiger partial charge on any atom is 0.291 e. The highest BCUT2D eigenvalue weighted by molar-refractivity contribution is 5.83. The summed E-state index contributed by atoms with van der Waals surface area (Å²) < 4.78 is 26.3. The minimum absolute atomic E-state index is 0.248. The Kier molecular flexibility index (Phi) is 4.17. The average Bonchev–Trinajstić information content (AvgIpc) is 3.25. The number of fused-ring (bicyclic) bond motifs is 1. The number of likely N-dealkylation sites (tertiary alicyclic amines) is 1. The van der Waals surface area contributed by atoms with Crippen molar-refractivity contribution in [1.82, 2.24) is 24.8 Å². The van der Waals surface area contributed by atoms with E-state index >= 15 is 0 Å². The number of benzene rings is 1. The molecule has 0 amide bonds. The van der Waals surface area contributed by atoms with E-state index in [-0.39, 0.29) is 11.7 Å². The second-order valence-electron chi connectivity index (χ2n) is 7.30. The van der Waals surface area contributed by atoms with Crippen molar-refractivity contribution in [2.45, 2.75) is 38.1 Å². The third-order valence-corrected chi connectivity index (χ3v) is 5.64. The Labute approximate surface area is 156 Å². The van der Waals surface area contributed by atoms with E-state index in [0.717, 1.165) is 56.6 Å². The van der Waals surface area contributed by atoms with Crippen LogP contribution in [0.25, 0.3) is 16.9 Å². The normalized spacial score (nSPS) is 19.6. The van der Waals surface area contributed by atoms with Crippen molar-refractivity contribution in [3.8, 4) is 5.95 Å². The highest BCUT2D eigenvalue weighted by atomic mass is 19.1. The van der Waals surface area contributed by atoms with Gasteiger partial charge < -0.3 is 9.26 Å². The summed E-state index contributed by atoms with van der Waals surface area (Å²) in [5.74, 6) is 0.940. The number of aromatic nitrogens is 4. The second kappa shape index (κ2) is 6.69. The van der Waals surface area contributed by atoms with Gasteiger partial charge in [0.1, 0.15) is 5.82 Å². The van der Waals surface area contributed by atoms with Crippen LogP contribution in [-0.4, -0.2) is 57.2 Å². The summed E-state index contributed by atoms with van der Waals surface area (Å²) in [5, 5.41) is 9.59. The highest BCUT2D eigenvalue weighted by Crippen LogP contribution is 2.31. The van der Waals surface area contributed by atoms with E-state index in [0.29, 0.717) is 23.4 Å². The third-order valence-electron chi connectivity index (χ3n) is 5.64. The number of halogens is 1. The van der Waals surface area contributed by atoms with Crippen LogP contribution in [0.5, 0.6) is 0 Å². The van der Waals surface area contributed by atoms with E-state index in [9.17, 15) is 4.39 Å². The van der Waals surface area contributed by atoms with Gasteiger partial charge in [-0.05, 0) is 36.6 Å². The highest BCUT2D eigenvalue weighted by Gasteiger charge is 2.37. The quantitative estimate of drug-likeness (QED) is 0.702. The molecule has 2 aliphatic rings. The van der Waals surface area contributed by atoms with Gasteiger partial charge >= 0.3 is 0 Å². The molecule has 27 heavy (non-hydrogen) atoms. The number of nitrogens with zero attached hydrogens (tertiary/aromatic N) is 5. The first kappa shape index (κ1) is 16.8. The molecule has 0 spiro atoms. The number of rotatable bonds is 4. The van der Waals surface area contributed by atoms with E-state index in [2.05, 4.69) is 20.1 Å². The number of hydrogen-bond donors (Lipinski definition) is 0. The van der Waals surface area contributed by atoms with Gasteiger partial charge in [-0.2, -0.15) is 14.8 Å². The fraction of sp³-hybridized carbons (Fsp3) is 0.526. The molecule has 0 atom stereocenters. The van der Waals surface area contributed by atoms with Crippen LogP contribution in [0.4, 0.5) is 4.39 Å². The van der Waals surface area contributed by atoms with E-state index in [1.54, 1.807) is 10.7 Å². The van der Waals surface area contributed by atoms with E-state index < -0.39 is 0 Å². The van der Waals surface area contributed by atoms with Crippen molar-refractivity contribution in [3.05, 3.63) is 35.6 Å². The molecule has 0 aliphatic carbocycles. The molecule has 7 nitrogen and oxygen atoms in total. The summed E-state index contributed by atoms with van der Waals surface area (Å²) in [6, 6.07) is 5.27. The van der Waals surface area contributed by atoms with E-state index in [1.165, 1.54) is 12.1 Å². The summed E-state index contributed by atoms with van der Waals surface area (Å²) in [4.78, 5) is 7.02. The van der Waals surface area contributed by atoms with Crippen LogP contribution >= 0.6 is 0 Å². The molecule has 2 aromatic heterocycles. The molecule has 142 valence electrons. The molecule has 0 bridgehead atoms. The summed E-state index contributed by atoms with van der Waals surface area (Å²) in [5.41, 5.74) is 1.56. The minimum Gasteiger partial charge on any atom is -0.381 e. The van der Waals surface area contributed by atoms with Crippen molar-refractivity contribution >= 4 is 10.9 Å². The average molecular weight is 371 g/mol. The summed E-state index contributed by atoms with van der Waals surface area (Å²) in [7, 11) is 0. The lowest BCUT2D eigenvalue weighted by Gasteiger charge is -2.44. The molecule has 0 saturated carbocycles. The Morgan fingerprint density at radius 3 is 2.81 bits per heavy atom. The fourth-order valence-corrected chi connectivity index (χ4v) is 4.06. The first-order chi connectivity index (χ1) is 13.2. The van der Waals surface area contributed by atoms with Gasteiger partial charge in [0, 0.05) is 43.8 Å². The molecule has 1 aromatic carbocycles. The first-order valence-corrected chi connectivity index (χ1v) is 9.56. The van der Waals surface area contributed by atoms with Crippen LogP contribution in [0.1, 0.15) is 37.3 Å². The molecule has 0 unspecified atom stereocenters. The molecule has 2 saturated heterocycles. The molecule has 4 heterocycles. The zero-order valence-electron chi connectivity index (χ0n) is 15.3. The molecule has 8 heteroatoms. The standard InChI is InChI=1S/C19H22FN5O2/c1-2-16-15-4-3-13(20)9-17(15)25(22-16)19-21-18(27-23-19)12-10-24(11-12)14-5-7-26-8-6-14/h3-4,9,12,14H,2,5-8,10-11H2,1H3. The summed E-state index contributed by atoms with van der Waals surface area (Å²) in [6.45, 7) is 5.58. The number of aryl methyl sites for hydroxylation is 1. The van der Waals surface area contributed by atoms with Crippen LogP contribution < -0.4 is 0 Å². The van der Waals surface area contributed by atoms with Crippen molar-refractivity contribution in [3.63, 3.8) is 0 Å². The topological polar surface area (TPSA) is 69.2 Å². The van der Waals surface area contributed by atoms with Crippen LogP contribution in [-0.2, 0) is 11.2 Å². The zero-order valence-corrected chi connectivity index (χ0v) is 15.3. The van der Waals surface area contributed by atoms with E-state index in [1.807, 2.05) is 6.92 Å². The monoisotopic (exact) mass is 371 g/mol. The largest absolute Gasteiger partial charge is 0.381 e. The molecular formula is C19H22FN5O2. The minimum atomic E-state index is -0.305. The van der Waals surface area contributed by atoms with Crippen LogP contribution in [0.2, 0.25) is 0 Å². The van der Waals surface area contributed by atoms with Gasteiger partial charge in [0.05, 0.1) is 17.1 Å². The maximum absolute atomic E-state index is 13.7. The molecule has 5 rings (SSSR count). The lowest BCUT2D eigenvalue weighted by Crippen LogP contribution is -2.52. The van der Waals surface area contributed by atoms with Crippen molar-refractivity contribution in [2.75, 3.05) is 26.3 Å². The SMILES string of the molecule is CCc1nn(-c2noc(C3CN(C4CCOCC4)C3)n2)c2cc(F)ccc12. The Balaban J connectivity index is 1.37. The predicted octanol–water partition coefficient (Wildman–Crippen LogP) is 2.69.